The maximum Gasteiger partial charge on any atom is 0.259 e. The molecule has 0 heterocycles. The molecule has 0 aliphatic carbocycles. The number of rotatable bonds is 3. The quantitative estimate of drug-likeness (QED) is 0.746. The van der Waals surface area contributed by atoms with Crippen LogP contribution in [0.1, 0.15) is 10.4 Å². The zero-order valence-electron chi connectivity index (χ0n) is 12.3. The van der Waals surface area contributed by atoms with E-state index in [0.29, 0.717) is 16.5 Å². The van der Waals surface area contributed by atoms with Crippen LogP contribution in [-0.4, -0.2) is 18.1 Å². The lowest BCUT2D eigenvalue weighted by molar-refractivity contribution is 0.102. The van der Waals surface area contributed by atoms with Gasteiger partial charge in [0.1, 0.15) is 11.5 Å². The molecule has 3 aromatic carbocycles. The highest BCUT2D eigenvalue weighted by Crippen LogP contribution is 2.30. The zero-order chi connectivity index (χ0) is 16.4. The Labute approximate surface area is 138 Å². The highest BCUT2D eigenvalue weighted by molar-refractivity contribution is 6.31. The van der Waals surface area contributed by atoms with E-state index in [1.54, 1.807) is 30.3 Å². The Hall–Kier alpha value is -2.72. The van der Waals surface area contributed by atoms with Crippen molar-refractivity contribution in [2.75, 3.05) is 12.4 Å². The monoisotopic (exact) mass is 327 g/mol. The van der Waals surface area contributed by atoms with E-state index in [2.05, 4.69) is 5.32 Å². The first-order valence-corrected chi connectivity index (χ1v) is 7.33. The molecule has 0 saturated heterocycles. The number of aromatic hydroxyl groups is 1. The van der Waals surface area contributed by atoms with Crippen LogP contribution < -0.4 is 10.1 Å². The molecule has 4 nitrogen and oxygen atoms in total. The lowest BCUT2D eigenvalue weighted by Crippen LogP contribution is -2.13. The minimum absolute atomic E-state index is 0.0813. The Morgan fingerprint density at radius 2 is 1.78 bits per heavy atom. The van der Waals surface area contributed by atoms with Gasteiger partial charge in [-0.25, -0.2) is 0 Å². The van der Waals surface area contributed by atoms with E-state index >= 15 is 0 Å². The molecule has 0 aromatic heterocycles. The molecule has 5 heteroatoms. The van der Waals surface area contributed by atoms with Crippen LogP contribution in [0.15, 0.2) is 54.6 Å². The minimum atomic E-state index is -0.436. The van der Waals surface area contributed by atoms with E-state index < -0.39 is 5.91 Å². The van der Waals surface area contributed by atoms with Gasteiger partial charge in [-0.15, -0.1) is 0 Å². The summed E-state index contributed by atoms with van der Waals surface area (Å²) in [5, 5.41) is 15.0. The third kappa shape index (κ3) is 3.07. The van der Waals surface area contributed by atoms with Gasteiger partial charge in [0.05, 0.1) is 18.4 Å². The van der Waals surface area contributed by atoms with Crippen LogP contribution in [0, 0.1) is 0 Å². The van der Waals surface area contributed by atoms with Gasteiger partial charge in [0.2, 0.25) is 0 Å². The molecule has 0 radical (unpaired) electrons. The smallest absolute Gasteiger partial charge is 0.259 e. The first kappa shape index (κ1) is 15.2. The summed E-state index contributed by atoms with van der Waals surface area (Å²) in [6.07, 6.45) is 0. The van der Waals surface area contributed by atoms with Crippen LogP contribution in [0.4, 0.5) is 5.69 Å². The Bertz CT molecular complexity index is 893. The number of phenols is 1. The highest BCUT2D eigenvalue weighted by atomic mass is 35.5. The maximum atomic E-state index is 12.5. The number of halogens is 1. The largest absolute Gasteiger partial charge is 0.507 e. The average Bonchev–Trinajstić information content (AvgIpc) is 2.54. The molecule has 0 saturated carbocycles. The molecule has 0 atom stereocenters. The molecule has 0 bridgehead atoms. The summed E-state index contributed by atoms with van der Waals surface area (Å²) in [4.78, 5) is 12.5. The first-order chi connectivity index (χ1) is 11.1. The van der Waals surface area contributed by atoms with Crippen molar-refractivity contribution >= 4 is 34.0 Å². The second kappa shape index (κ2) is 6.18. The van der Waals surface area contributed by atoms with Crippen molar-refractivity contribution in [3.63, 3.8) is 0 Å². The highest BCUT2D eigenvalue weighted by Gasteiger charge is 2.15. The van der Waals surface area contributed by atoms with Gasteiger partial charge in [-0.1, -0.05) is 35.9 Å². The van der Waals surface area contributed by atoms with Gasteiger partial charge in [0, 0.05) is 5.02 Å². The number of anilines is 1. The Kier molecular flexibility index (Phi) is 4.08. The van der Waals surface area contributed by atoms with Crippen LogP contribution in [0.5, 0.6) is 11.5 Å². The summed E-state index contributed by atoms with van der Waals surface area (Å²) in [7, 11) is 1.51. The first-order valence-electron chi connectivity index (χ1n) is 6.95. The van der Waals surface area contributed by atoms with E-state index in [-0.39, 0.29) is 11.3 Å². The molecule has 3 rings (SSSR count). The molecule has 1 amide bonds. The maximum absolute atomic E-state index is 12.5. The van der Waals surface area contributed by atoms with Crippen LogP contribution in [-0.2, 0) is 0 Å². The van der Waals surface area contributed by atoms with Crippen molar-refractivity contribution in [1.82, 2.24) is 0 Å². The predicted molar refractivity (Wildman–Crippen MR) is 91.6 cm³/mol. The third-order valence-corrected chi connectivity index (χ3v) is 3.75. The van der Waals surface area contributed by atoms with Gasteiger partial charge >= 0.3 is 0 Å². The van der Waals surface area contributed by atoms with E-state index in [9.17, 15) is 9.90 Å². The standard InChI is InChI=1S/C18H14ClNO3/c1-23-17-7-6-13(19)10-15(17)20-18(22)14-8-11-4-2-3-5-12(11)9-16(14)21/h2-10,21H,1H3,(H,20,22). The number of carbonyl (C=O) groups excluding carboxylic acids is 1. The van der Waals surface area contributed by atoms with E-state index in [0.717, 1.165) is 10.8 Å². The SMILES string of the molecule is COc1ccc(Cl)cc1NC(=O)c1cc2ccccc2cc1O. The molecular weight excluding hydrogens is 314 g/mol. The summed E-state index contributed by atoms with van der Waals surface area (Å²) in [5.41, 5.74) is 0.628. The zero-order valence-corrected chi connectivity index (χ0v) is 13.1. The predicted octanol–water partition coefficient (Wildman–Crippen LogP) is 4.46. The lowest BCUT2D eigenvalue weighted by Gasteiger charge is -2.12. The minimum Gasteiger partial charge on any atom is -0.507 e. The third-order valence-electron chi connectivity index (χ3n) is 3.52. The van der Waals surface area contributed by atoms with Crippen molar-refractivity contribution in [1.29, 1.82) is 0 Å². The topological polar surface area (TPSA) is 58.6 Å². The van der Waals surface area contributed by atoms with Gasteiger partial charge in [-0.05, 0) is 41.1 Å². The Morgan fingerprint density at radius 1 is 1.09 bits per heavy atom. The van der Waals surface area contributed by atoms with Crippen molar-refractivity contribution in [3.05, 3.63) is 65.2 Å². The molecule has 0 fully saturated rings. The van der Waals surface area contributed by atoms with Crippen LogP contribution in [0.2, 0.25) is 5.02 Å². The Balaban J connectivity index is 1.98. The number of fused-ring (bicyclic) bond motifs is 1. The van der Waals surface area contributed by atoms with E-state index in [1.165, 1.54) is 7.11 Å². The summed E-state index contributed by atoms with van der Waals surface area (Å²) in [6.45, 7) is 0. The molecule has 0 aliphatic heterocycles. The van der Waals surface area contributed by atoms with Crippen molar-refractivity contribution in [2.24, 2.45) is 0 Å². The summed E-state index contributed by atoms with van der Waals surface area (Å²) in [5.74, 6) is -0.0287. The number of benzene rings is 3. The fourth-order valence-corrected chi connectivity index (χ4v) is 2.55. The summed E-state index contributed by atoms with van der Waals surface area (Å²) in [6, 6.07) is 15.6. The molecule has 23 heavy (non-hydrogen) atoms. The second-order valence-electron chi connectivity index (χ2n) is 5.02. The van der Waals surface area contributed by atoms with Gasteiger partial charge in [0.15, 0.2) is 0 Å². The second-order valence-corrected chi connectivity index (χ2v) is 5.45. The van der Waals surface area contributed by atoms with Gasteiger partial charge in [0.25, 0.3) is 5.91 Å². The number of methoxy groups -OCH3 is 1. The number of hydrogen-bond acceptors (Lipinski definition) is 3. The number of amides is 1. The van der Waals surface area contributed by atoms with Gasteiger partial charge < -0.3 is 15.2 Å². The fraction of sp³-hybridized carbons (Fsp3) is 0.0556. The van der Waals surface area contributed by atoms with Crippen molar-refractivity contribution in [2.45, 2.75) is 0 Å². The van der Waals surface area contributed by atoms with Crippen molar-refractivity contribution < 1.29 is 14.6 Å². The lowest BCUT2D eigenvalue weighted by atomic mass is 10.1. The number of phenolic OH excluding ortho intramolecular Hbond substituents is 1. The molecule has 2 N–H and O–H groups in total. The van der Waals surface area contributed by atoms with Gasteiger partial charge in [-0.2, -0.15) is 0 Å². The molecule has 3 aromatic rings. The summed E-state index contributed by atoms with van der Waals surface area (Å²) < 4.78 is 5.20. The molecular formula is C18H14ClNO3. The molecule has 0 unspecified atom stereocenters. The van der Waals surface area contributed by atoms with Crippen molar-refractivity contribution in [3.8, 4) is 11.5 Å². The molecule has 0 aliphatic rings. The van der Waals surface area contributed by atoms with Crippen LogP contribution in [0.3, 0.4) is 0 Å². The molecule has 0 spiro atoms. The Morgan fingerprint density at radius 3 is 2.48 bits per heavy atom. The normalized spacial score (nSPS) is 10.5. The number of ether oxygens (including phenoxy) is 1. The van der Waals surface area contributed by atoms with Crippen LogP contribution in [0.25, 0.3) is 10.8 Å². The van der Waals surface area contributed by atoms with E-state index in [1.807, 2.05) is 24.3 Å². The number of hydrogen-bond donors (Lipinski definition) is 2. The van der Waals surface area contributed by atoms with Crippen LogP contribution >= 0.6 is 11.6 Å². The number of nitrogens with one attached hydrogen (secondary N) is 1. The fourth-order valence-electron chi connectivity index (χ4n) is 2.38. The van der Waals surface area contributed by atoms with E-state index in [4.69, 9.17) is 16.3 Å². The average molecular weight is 328 g/mol. The van der Waals surface area contributed by atoms with Gasteiger partial charge in [-0.3, -0.25) is 4.79 Å². The summed E-state index contributed by atoms with van der Waals surface area (Å²) >= 11 is 5.96. The number of carbonyl (C=O) groups is 1. The molecule has 116 valence electrons.